The van der Waals surface area contributed by atoms with E-state index in [1.54, 1.807) is 19.2 Å². The maximum Gasteiger partial charge on any atom is 0.260 e. The second kappa shape index (κ2) is 6.87. The quantitative estimate of drug-likeness (QED) is 0.822. The summed E-state index contributed by atoms with van der Waals surface area (Å²) >= 11 is 5.95. The first-order chi connectivity index (χ1) is 8.54. The number of rotatable bonds is 5. The van der Waals surface area contributed by atoms with Gasteiger partial charge < -0.3 is 9.64 Å². The van der Waals surface area contributed by atoms with E-state index in [4.69, 9.17) is 21.6 Å². The van der Waals surface area contributed by atoms with Crippen LogP contribution in [0.2, 0.25) is 5.02 Å². The van der Waals surface area contributed by atoms with Crippen LogP contribution in [-0.2, 0) is 4.79 Å². The molecule has 0 atom stereocenters. The predicted octanol–water partition coefficient (Wildman–Crippen LogP) is 2.40. The summed E-state index contributed by atoms with van der Waals surface area (Å²) in [5, 5.41) is 8.91. The fraction of sp³-hybridized carbons (Fsp3) is 0.385. The van der Waals surface area contributed by atoms with E-state index >= 15 is 0 Å². The van der Waals surface area contributed by atoms with Crippen molar-refractivity contribution >= 4 is 17.5 Å². The molecule has 0 saturated carbocycles. The summed E-state index contributed by atoms with van der Waals surface area (Å²) in [5.41, 5.74) is 1.01. The van der Waals surface area contributed by atoms with Crippen LogP contribution >= 0.6 is 11.6 Å². The Morgan fingerprint density at radius 1 is 1.56 bits per heavy atom. The number of ether oxygens (including phenoxy) is 1. The normalized spacial score (nSPS) is 9.67. The molecule has 0 aromatic heterocycles. The fourth-order valence-corrected chi connectivity index (χ4v) is 1.49. The Labute approximate surface area is 112 Å². The van der Waals surface area contributed by atoms with Crippen LogP contribution in [0.15, 0.2) is 18.2 Å². The van der Waals surface area contributed by atoms with Crippen molar-refractivity contribution in [3.63, 3.8) is 0 Å². The number of aryl methyl sites for hydroxylation is 1. The molecule has 0 radical (unpaired) electrons. The minimum Gasteiger partial charge on any atom is -0.482 e. The standard InChI is InChI=1S/C13H15ClN2O2/c1-10-4-5-11(14)12(8-10)18-9-13(17)16(2)7-3-6-15/h4-5,8H,3,7,9H2,1-2H3. The Bertz CT molecular complexity index is 469. The van der Waals surface area contributed by atoms with Crippen LogP contribution in [0.3, 0.4) is 0 Å². The number of halogens is 1. The van der Waals surface area contributed by atoms with E-state index in [-0.39, 0.29) is 12.5 Å². The molecule has 0 N–H and O–H groups in total. The molecule has 5 heteroatoms. The summed E-state index contributed by atoms with van der Waals surface area (Å²) in [6.07, 6.45) is 0.313. The zero-order valence-electron chi connectivity index (χ0n) is 10.4. The molecule has 1 rings (SSSR count). The Kier molecular flexibility index (Phi) is 5.47. The molecule has 0 aliphatic carbocycles. The first kappa shape index (κ1) is 14.3. The number of likely N-dealkylation sites (N-methyl/N-ethyl adjacent to an activating group) is 1. The summed E-state index contributed by atoms with van der Waals surface area (Å²) in [6, 6.07) is 7.37. The Morgan fingerprint density at radius 2 is 2.28 bits per heavy atom. The van der Waals surface area contributed by atoms with E-state index in [2.05, 4.69) is 0 Å². The van der Waals surface area contributed by atoms with Crippen molar-refractivity contribution in [3.05, 3.63) is 28.8 Å². The van der Waals surface area contributed by atoms with Gasteiger partial charge in [0.15, 0.2) is 6.61 Å². The number of carbonyl (C=O) groups excluding carboxylic acids is 1. The zero-order valence-corrected chi connectivity index (χ0v) is 11.2. The van der Waals surface area contributed by atoms with E-state index in [0.717, 1.165) is 5.56 Å². The van der Waals surface area contributed by atoms with E-state index in [1.807, 2.05) is 19.1 Å². The van der Waals surface area contributed by atoms with Crippen molar-refractivity contribution in [1.82, 2.24) is 4.90 Å². The Hall–Kier alpha value is -1.73. The van der Waals surface area contributed by atoms with E-state index in [0.29, 0.717) is 23.7 Å². The Morgan fingerprint density at radius 3 is 2.94 bits per heavy atom. The third-order valence-corrected chi connectivity index (χ3v) is 2.73. The highest BCUT2D eigenvalue weighted by Crippen LogP contribution is 2.25. The average molecular weight is 267 g/mol. The lowest BCUT2D eigenvalue weighted by Gasteiger charge is -2.16. The number of carbonyl (C=O) groups is 1. The van der Waals surface area contributed by atoms with Crippen molar-refractivity contribution in [3.8, 4) is 11.8 Å². The number of hydrogen-bond acceptors (Lipinski definition) is 3. The summed E-state index contributed by atoms with van der Waals surface area (Å²) < 4.78 is 5.37. The monoisotopic (exact) mass is 266 g/mol. The lowest BCUT2D eigenvalue weighted by Crippen LogP contribution is -2.32. The minimum absolute atomic E-state index is 0.0783. The fourth-order valence-electron chi connectivity index (χ4n) is 1.31. The topological polar surface area (TPSA) is 53.3 Å². The highest BCUT2D eigenvalue weighted by molar-refractivity contribution is 6.32. The van der Waals surface area contributed by atoms with Crippen LogP contribution < -0.4 is 4.74 Å². The first-order valence-corrected chi connectivity index (χ1v) is 5.92. The number of amides is 1. The van der Waals surface area contributed by atoms with Crippen LogP contribution in [0.1, 0.15) is 12.0 Å². The minimum atomic E-state index is -0.178. The molecule has 96 valence electrons. The van der Waals surface area contributed by atoms with Gasteiger partial charge in [-0.1, -0.05) is 17.7 Å². The van der Waals surface area contributed by atoms with Crippen molar-refractivity contribution in [1.29, 1.82) is 5.26 Å². The molecular formula is C13H15ClN2O2. The van der Waals surface area contributed by atoms with E-state index in [9.17, 15) is 4.79 Å². The highest BCUT2D eigenvalue weighted by Gasteiger charge is 2.10. The largest absolute Gasteiger partial charge is 0.482 e. The maximum atomic E-state index is 11.7. The van der Waals surface area contributed by atoms with Gasteiger partial charge in [-0.25, -0.2) is 0 Å². The van der Waals surface area contributed by atoms with Crippen molar-refractivity contribution in [2.24, 2.45) is 0 Å². The SMILES string of the molecule is Cc1ccc(Cl)c(OCC(=O)N(C)CCC#N)c1. The molecule has 1 aromatic rings. The molecule has 0 saturated heterocycles. The molecule has 0 aliphatic heterocycles. The van der Waals surface area contributed by atoms with Gasteiger partial charge in [-0.2, -0.15) is 5.26 Å². The average Bonchev–Trinajstić information content (AvgIpc) is 2.36. The van der Waals surface area contributed by atoms with E-state index < -0.39 is 0 Å². The molecular weight excluding hydrogens is 252 g/mol. The number of benzene rings is 1. The molecule has 0 heterocycles. The van der Waals surface area contributed by atoms with Gasteiger partial charge in [0.05, 0.1) is 17.5 Å². The van der Waals surface area contributed by atoms with Crippen LogP contribution in [0.25, 0.3) is 0 Å². The summed E-state index contributed by atoms with van der Waals surface area (Å²) in [4.78, 5) is 13.1. The van der Waals surface area contributed by atoms with Crippen LogP contribution in [-0.4, -0.2) is 31.0 Å². The van der Waals surface area contributed by atoms with Gasteiger partial charge in [0.1, 0.15) is 5.75 Å². The number of nitrogens with zero attached hydrogens (tertiary/aromatic N) is 2. The Balaban J connectivity index is 2.52. The zero-order chi connectivity index (χ0) is 13.5. The smallest absolute Gasteiger partial charge is 0.260 e. The maximum absolute atomic E-state index is 11.7. The van der Waals surface area contributed by atoms with E-state index in [1.165, 1.54) is 4.90 Å². The lowest BCUT2D eigenvalue weighted by atomic mass is 10.2. The number of hydrogen-bond donors (Lipinski definition) is 0. The van der Waals surface area contributed by atoms with Gasteiger partial charge in [0, 0.05) is 13.6 Å². The van der Waals surface area contributed by atoms with Crippen LogP contribution in [0.4, 0.5) is 0 Å². The van der Waals surface area contributed by atoms with Crippen molar-refractivity contribution in [2.45, 2.75) is 13.3 Å². The molecule has 0 spiro atoms. The number of nitriles is 1. The first-order valence-electron chi connectivity index (χ1n) is 5.54. The van der Waals surface area contributed by atoms with Crippen molar-refractivity contribution in [2.75, 3.05) is 20.2 Å². The molecule has 0 bridgehead atoms. The molecule has 18 heavy (non-hydrogen) atoms. The second-order valence-electron chi connectivity index (χ2n) is 3.95. The van der Waals surface area contributed by atoms with Gasteiger partial charge in [-0.05, 0) is 24.6 Å². The predicted molar refractivity (Wildman–Crippen MR) is 69.6 cm³/mol. The summed E-state index contributed by atoms with van der Waals surface area (Å²) in [7, 11) is 1.64. The third-order valence-electron chi connectivity index (χ3n) is 2.42. The molecule has 0 fully saturated rings. The van der Waals surface area contributed by atoms with Gasteiger partial charge in [0.2, 0.25) is 0 Å². The molecule has 0 aliphatic rings. The van der Waals surface area contributed by atoms with Gasteiger partial charge in [-0.3, -0.25) is 4.79 Å². The van der Waals surface area contributed by atoms with Gasteiger partial charge in [0.25, 0.3) is 5.91 Å². The summed E-state index contributed by atoms with van der Waals surface area (Å²) in [5.74, 6) is 0.321. The van der Waals surface area contributed by atoms with Crippen LogP contribution in [0, 0.1) is 18.3 Å². The molecule has 1 aromatic carbocycles. The molecule has 0 unspecified atom stereocenters. The van der Waals surface area contributed by atoms with Gasteiger partial charge in [-0.15, -0.1) is 0 Å². The third kappa shape index (κ3) is 4.27. The summed E-state index contributed by atoms with van der Waals surface area (Å²) in [6.45, 7) is 2.25. The molecule has 1 amide bonds. The molecule has 4 nitrogen and oxygen atoms in total. The van der Waals surface area contributed by atoms with Gasteiger partial charge >= 0.3 is 0 Å². The van der Waals surface area contributed by atoms with Crippen LogP contribution in [0.5, 0.6) is 5.75 Å². The second-order valence-corrected chi connectivity index (χ2v) is 4.35. The van der Waals surface area contributed by atoms with Crippen molar-refractivity contribution < 1.29 is 9.53 Å². The lowest BCUT2D eigenvalue weighted by molar-refractivity contribution is -0.131. The highest BCUT2D eigenvalue weighted by atomic mass is 35.5.